The molecule has 0 saturated heterocycles. The van der Waals surface area contributed by atoms with Gasteiger partial charge in [-0.05, 0) is 30.7 Å². The quantitative estimate of drug-likeness (QED) is 0.887. The molecule has 8 heteroatoms. The first-order valence-corrected chi connectivity index (χ1v) is 7.52. The third kappa shape index (κ3) is 3.21. The predicted molar refractivity (Wildman–Crippen MR) is 76.1 cm³/mol. The SMILES string of the molecule is Cc1cc(NS(=O)(=O)c2cnc(N)nc2)ccc1Br. The van der Waals surface area contributed by atoms with Crippen molar-refractivity contribution in [3.63, 3.8) is 0 Å². The van der Waals surface area contributed by atoms with Gasteiger partial charge in [0.05, 0.1) is 12.4 Å². The van der Waals surface area contributed by atoms with Gasteiger partial charge in [-0.15, -0.1) is 0 Å². The summed E-state index contributed by atoms with van der Waals surface area (Å²) in [6, 6.07) is 5.15. The summed E-state index contributed by atoms with van der Waals surface area (Å²) < 4.78 is 27.5. The number of nitrogens with one attached hydrogen (secondary N) is 1. The van der Waals surface area contributed by atoms with E-state index in [0.717, 1.165) is 22.4 Å². The Morgan fingerprint density at radius 3 is 2.47 bits per heavy atom. The minimum absolute atomic E-state index is 0.0263. The van der Waals surface area contributed by atoms with Crippen molar-refractivity contribution in [3.8, 4) is 0 Å². The fraction of sp³-hybridized carbons (Fsp3) is 0.0909. The number of nitrogens with zero attached hydrogens (tertiary/aromatic N) is 2. The molecule has 0 spiro atoms. The molecule has 0 amide bonds. The van der Waals surface area contributed by atoms with E-state index in [2.05, 4.69) is 30.6 Å². The Bertz CT molecular complexity index is 701. The van der Waals surface area contributed by atoms with Gasteiger partial charge in [0.25, 0.3) is 10.0 Å². The lowest BCUT2D eigenvalue weighted by Crippen LogP contribution is -2.14. The number of hydrogen-bond acceptors (Lipinski definition) is 5. The number of anilines is 2. The fourth-order valence-corrected chi connectivity index (χ4v) is 2.57. The molecule has 0 aliphatic rings. The lowest BCUT2D eigenvalue weighted by molar-refractivity contribution is 0.600. The minimum atomic E-state index is -3.71. The molecule has 0 aliphatic heterocycles. The van der Waals surface area contributed by atoms with Crippen LogP contribution in [0.3, 0.4) is 0 Å². The first kappa shape index (κ1) is 13.8. The van der Waals surface area contributed by atoms with Crippen LogP contribution in [0.1, 0.15) is 5.56 Å². The molecular formula is C11H11BrN4O2S. The van der Waals surface area contributed by atoms with Gasteiger partial charge < -0.3 is 5.73 Å². The summed E-state index contributed by atoms with van der Waals surface area (Å²) in [5, 5.41) is 0. The fourth-order valence-electron chi connectivity index (χ4n) is 1.39. The summed E-state index contributed by atoms with van der Waals surface area (Å²) in [4.78, 5) is 7.28. The van der Waals surface area contributed by atoms with Gasteiger partial charge in [0.2, 0.25) is 5.95 Å². The molecule has 2 aromatic rings. The van der Waals surface area contributed by atoms with E-state index in [-0.39, 0.29) is 10.8 Å². The highest BCUT2D eigenvalue weighted by Gasteiger charge is 2.15. The summed E-state index contributed by atoms with van der Waals surface area (Å²) in [6.45, 7) is 1.87. The van der Waals surface area contributed by atoms with Crippen molar-refractivity contribution in [3.05, 3.63) is 40.6 Å². The second-order valence-corrected chi connectivity index (χ2v) is 6.38. The van der Waals surface area contributed by atoms with E-state index >= 15 is 0 Å². The zero-order chi connectivity index (χ0) is 14.0. The summed E-state index contributed by atoms with van der Waals surface area (Å²) in [6.07, 6.45) is 2.33. The number of nitrogen functional groups attached to an aromatic ring is 1. The Labute approximate surface area is 119 Å². The Morgan fingerprint density at radius 1 is 1.26 bits per heavy atom. The monoisotopic (exact) mass is 342 g/mol. The lowest BCUT2D eigenvalue weighted by Gasteiger charge is -2.09. The van der Waals surface area contributed by atoms with Gasteiger partial charge in [-0.3, -0.25) is 4.72 Å². The van der Waals surface area contributed by atoms with Gasteiger partial charge in [-0.25, -0.2) is 18.4 Å². The van der Waals surface area contributed by atoms with Gasteiger partial charge in [-0.2, -0.15) is 0 Å². The maximum absolute atomic E-state index is 12.1. The van der Waals surface area contributed by atoms with Crippen LogP contribution in [-0.4, -0.2) is 18.4 Å². The van der Waals surface area contributed by atoms with Crippen LogP contribution in [0.5, 0.6) is 0 Å². The molecule has 0 bridgehead atoms. The molecule has 100 valence electrons. The van der Waals surface area contributed by atoms with Crippen molar-refractivity contribution in [2.75, 3.05) is 10.5 Å². The number of nitrogens with two attached hydrogens (primary N) is 1. The van der Waals surface area contributed by atoms with Crippen LogP contribution in [0.2, 0.25) is 0 Å². The average Bonchev–Trinajstić information content (AvgIpc) is 2.34. The van der Waals surface area contributed by atoms with E-state index in [9.17, 15) is 8.42 Å². The molecule has 6 nitrogen and oxygen atoms in total. The van der Waals surface area contributed by atoms with Crippen molar-refractivity contribution in [1.82, 2.24) is 9.97 Å². The molecule has 2 rings (SSSR count). The van der Waals surface area contributed by atoms with Crippen LogP contribution in [0, 0.1) is 6.92 Å². The molecule has 0 aliphatic carbocycles. The van der Waals surface area contributed by atoms with Crippen molar-refractivity contribution in [2.24, 2.45) is 0 Å². The first-order chi connectivity index (χ1) is 8.88. The van der Waals surface area contributed by atoms with E-state index in [4.69, 9.17) is 5.73 Å². The number of sulfonamides is 1. The second-order valence-electron chi connectivity index (χ2n) is 3.85. The first-order valence-electron chi connectivity index (χ1n) is 5.25. The number of aromatic nitrogens is 2. The van der Waals surface area contributed by atoms with Gasteiger partial charge >= 0.3 is 0 Å². The molecule has 1 aromatic heterocycles. The molecule has 1 aromatic carbocycles. The maximum Gasteiger partial charge on any atom is 0.264 e. The van der Waals surface area contributed by atoms with Crippen LogP contribution in [0.15, 0.2) is 40.0 Å². The van der Waals surface area contributed by atoms with Gasteiger partial charge in [0.1, 0.15) is 4.90 Å². The van der Waals surface area contributed by atoms with Gasteiger partial charge in [0, 0.05) is 10.2 Å². The normalized spacial score (nSPS) is 11.3. The standard InChI is InChI=1S/C11H11BrN4O2S/c1-7-4-8(2-3-10(7)12)16-19(17,18)9-5-14-11(13)15-6-9/h2-6,16H,1H3,(H2,13,14,15). The second kappa shape index (κ2) is 5.14. The maximum atomic E-state index is 12.1. The third-order valence-corrected chi connectivity index (χ3v) is 4.59. The van der Waals surface area contributed by atoms with Crippen molar-refractivity contribution in [1.29, 1.82) is 0 Å². The Balaban J connectivity index is 2.30. The van der Waals surface area contributed by atoms with Gasteiger partial charge in [0.15, 0.2) is 0 Å². The van der Waals surface area contributed by atoms with Crippen LogP contribution < -0.4 is 10.5 Å². The largest absolute Gasteiger partial charge is 0.368 e. The molecule has 0 fully saturated rings. The number of hydrogen-bond donors (Lipinski definition) is 2. The molecule has 3 N–H and O–H groups in total. The van der Waals surface area contributed by atoms with Crippen LogP contribution in [-0.2, 0) is 10.0 Å². The smallest absolute Gasteiger partial charge is 0.264 e. The van der Waals surface area contributed by atoms with E-state index in [1.165, 1.54) is 0 Å². The zero-order valence-electron chi connectivity index (χ0n) is 9.96. The van der Waals surface area contributed by atoms with Crippen molar-refractivity contribution in [2.45, 2.75) is 11.8 Å². The molecule has 1 heterocycles. The van der Waals surface area contributed by atoms with Crippen LogP contribution in [0.25, 0.3) is 0 Å². The molecule has 0 unspecified atom stereocenters. The molecule has 19 heavy (non-hydrogen) atoms. The predicted octanol–water partition coefficient (Wildman–Crippen LogP) is 1.93. The van der Waals surface area contributed by atoms with Crippen LogP contribution >= 0.6 is 15.9 Å². The van der Waals surface area contributed by atoms with E-state index in [0.29, 0.717) is 5.69 Å². The molecule has 0 atom stereocenters. The Hall–Kier alpha value is -1.67. The molecule has 0 radical (unpaired) electrons. The van der Waals surface area contributed by atoms with E-state index in [1.807, 2.05) is 6.92 Å². The Morgan fingerprint density at radius 2 is 1.89 bits per heavy atom. The average molecular weight is 343 g/mol. The highest BCUT2D eigenvalue weighted by atomic mass is 79.9. The lowest BCUT2D eigenvalue weighted by atomic mass is 10.2. The number of halogens is 1. The van der Waals surface area contributed by atoms with Crippen molar-refractivity contribution >= 4 is 37.6 Å². The number of benzene rings is 1. The minimum Gasteiger partial charge on any atom is -0.368 e. The van der Waals surface area contributed by atoms with Crippen molar-refractivity contribution < 1.29 is 8.42 Å². The number of aryl methyl sites for hydroxylation is 1. The molecule has 0 saturated carbocycles. The van der Waals surface area contributed by atoms with E-state index < -0.39 is 10.0 Å². The Kier molecular flexibility index (Phi) is 3.72. The third-order valence-electron chi connectivity index (χ3n) is 2.37. The summed E-state index contributed by atoms with van der Waals surface area (Å²) in [5.41, 5.74) is 6.71. The van der Waals surface area contributed by atoms with Gasteiger partial charge in [-0.1, -0.05) is 15.9 Å². The van der Waals surface area contributed by atoms with Crippen LogP contribution in [0.4, 0.5) is 11.6 Å². The summed E-state index contributed by atoms with van der Waals surface area (Å²) >= 11 is 3.35. The summed E-state index contributed by atoms with van der Waals surface area (Å²) in [7, 11) is -3.71. The van der Waals surface area contributed by atoms with E-state index in [1.54, 1.807) is 18.2 Å². The topological polar surface area (TPSA) is 98.0 Å². The highest BCUT2D eigenvalue weighted by molar-refractivity contribution is 9.10. The molecular weight excluding hydrogens is 332 g/mol. The highest BCUT2D eigenvalue weighted by Crippen LogP contribution is 2.22. The number of rotatable bonds is 3. The zero-order valence-corrected chi connectivity index (χ0v) is 12.4. The summed E-state index contributed by atoms with van der Waals surface area (Å²) in [5.74, 6) is 0.0263.